The van der Waals surface area contributed by atoms with E-state index in [2.05, 4.69) is 43.0 Å². The summed E-state index contributed by atoms with van der Waals surface area (Å²) in [5, 5.41) is 0. The van der Waals surface area contributed by atoms with Gasteiger partial charge in [0.25, 0.3) is 0 Å². The number of amides is 1. The predicted octanol–water partition coefficient (Wildman–Crippen LogP) is 2.47. The first-order chi connectivity index (χ1) is 7.63. The Kier molecular flexibility index (Phi) is 1.91. The van der Waals surface area contributed by atoms with Crippen LogP contribution in [0.25, 0.3) is 0 Å². The number of fused-ring (bicyclic) bond motifs is 3. The second kappa shape index (κ2) is 3.09. The third-order valence-corrected chi connectivity index (χ3v) is 4.18. The Balaban J connectivity index is 2.19. The van der Waals surface area contributed by atoms with Crippen LogP contribution in [0, 0.1) is 0 Å². The zero-order chi connectivity index (χ0) is 11.3. The quantitative estimate of drug-likeness (QED) is 0.651. The molecule has 1 aromatic carbocycles. The van der Waals surface area contributed by atoms with E-state index in [1.54, 1.807) is 0 Å². The van der Waals surface area contributed by atoms with Crippen LogP contribution < -0.4 is 0 Å². The monoisotopic (exact) mass is 215 g/mol. The number of hydrogen-bond acceptors (Lipinski definition) is 1. The predicted molar refractivity (Wildman–Crippen MR) is 63.0 cm³/mol. The largest absolute Gasteiger partial charge is 0.330 e. The van der Waals surface area contributed by atoms with Gasteiger partial charge in [-0.15, -0.1) is 0 Å². The molecule has 0 N–H and O–H groups in total. The number of hydrogen-bond donors (Lipinski definition) is 0. The standard InChI is InChI=1S/C14H17NO/c1-10-9-11-5-3-4-6-12(11)14(2)8-7-13(16)15(10)14/h3-6,10H,7-9H2,1-2H3/t10-,14-/m1/s1. The van der Waals surface area contributed by atoms with Gasteiger partial charge in [-0.05, 0) is 37.8 Å². The molecule has 1 saturated heterocycles. The summed E-state index contributed by atoms with van der Waals surface area (Å²) in [5.41, 5.74) is 2.73. The molecule has 2 heteroatoms. The molecular weight excluding hydrogens is 198 g/mol. The molecule has 0 saturated carbocycles. The molecule has 0 spiro atoms. The van der Waals surface area contributed by atoms with Crippen LogP contribution in [0.1, 0.15) is 37.8 Å². The first-order valence-corrected chi connectivity index (χ1v) is 6.03. The normalized spacial score (nSPS) is 32.5. The van der Waals surface area contributed by atoms with Crippen molar-refractivity contribution in [1.29, 1.82) is 0 Å². The molecule has 0 aromatic heterocycles. The third kappa shape index (κ3) is 1.10. The lowest BCUT2D eigenvalue weighted by Gasteiger charge is -2.45. The minimum absolute atomic E-state index is 0.0503. The van der Waals surface area contributed by atoms with E-state index in [1.807, 2.05) is 0 Å². The fraction of sp³-hybridized carbons (Fsp3) is 0.500. The Bertz CT molecular complexity index is 454. The molecule has 84 valence electrons. The van der Waals surface area contributed by atoms with Crippen LogP contribution in [0.4, 0.5) is 0 Å². The summed E-state index contributed by atoms with van der Waals surface area (Å²) in [5.74, 6) is 0.324. The van der Waals surface area contributed by atoms with Crippen molar-refractivity contribution < 1.29 is 4.79 Å². The van der Waals surface area contributed by atoms with Crippen LogP contribution in [0.15, 0.2) is 24.3 Å². The van der Waals surface area contributed by atoms with Crippen LogP contribution in [0.3, 0.4) is 0 Å². The van der Waals surface area contributed by atoms with Gasteiger partial charge in [0.15, 0.2) is 0 Å². The number of benzene rings is 1. The van der Waals surface area contributed by atoms with Gasteiger partial charge in [0.05, 0.1) is 5.54 Å². The van der Waals surface area contributed by atoms with Crippen molar-refractivity contribution in [2.45, 2.75) is 44.7 Å². The summed E-state index contributed by atoms with van der Waals surface area (Å²) in [6.45, 7) is 4.38. The van der Waals surface area contributed by atoms with Crippen molar-refractivity contribution in [3.8, 4) is 0 Å². The minimum Gasteiger partial charge on any atom is -0.330 e. The first kappa shape index (κ1) is 9.88. The fourth-order valence-electron chi connectivity index (χ4n) is 3.50. The summed E-state index contributed by atoms with van der Waals surface area (Å²) in [4.78, 5) is 14.1. The molecule has 2 nitrogen and oxygen atoms in total. The Morgan fingerprint density at radius 3 is 2.94 bits per heavy atom. The maximum Gasteiger partial charge on any atom is 0.223 e. The van der Waals surface area contributed by atoms with Gasteiger partial charge in [0.1, 0.15) is 0 Å². The molecule has 0 unspecified atom stereocenters. The lowest BCUT2D eigenvalue weighted by atomic mass is 9.80. The minimum atomic E-state index is -0.0503. The number of nitrogens with zero attached hydrogens (tertiary/aromatic N) is 1. The highest BCUT2D eigenvalue weighted by molar-refractivity contribution is 5.81. The molecule has 2 aliphatic heterocycles. The zero-order valence-electron chi connectivity index (χ0n) is 9.86. The van der Waals surface area contributed by atoms with E-state index >= 15 is 0 Å². The summed E-state index contributed by atoms with van der Waals surface area (Å²) in [6.07, 6.45) is 2.67. The van der Waals surface area contributed by atoms with Crippen molar-refractivity contribution in [2.75, 3.05) is 0 Å². The van der Waals surface area contributed by atoms with Crippen LogP contribution >= 0.6 is 0 Å². The van der Waals surface area contributed by atoms with E-state index < -0.39 is 0 Å². The molecule has 1 aromatic rings. The molecule has 16 heavy (non-hydrogen) atoms. The highest BCUT2D eigenvalue weighted by Crippen LogP contribution is 2.45. The molecule has 3 rings (SSSR count). The van der Waals surface area contributed by atoms with Crippen molar-refractivity contribution in [3.05, 3.63) is 35.4 Å². The maximum absolute atomic E-state index is 12.0. The zero-order valence-corrected chi connectivity index (χ0v) is 9.86. The molecule has 0 aliphatic carbocycles. The molecule has 1 amide bonds. The first-order valence-electron chi connectivity index (χ1n) is 6.03. The van der Waals surface area contributed by atoms with Gasteiger partial charge >= 0.3 is 0 Å². The molecule has 2 atom stereocenters. The Morgan fingerprint density at radius 1 is 1.38 bits per heavy atom. The van der Waals surface area contributed by atoms with Crippen molar-refractivity contribution in [1.82, 2.24) is 4.90 Å². The van der Waals surface area contributed by atoms with E-state index in [4.69, 9.17) is 0 Å². The van der Waals surface area contributed by atoms with Crippen molar-refractivity contribution >= 4 is 5.91 Å². The molecule has 0 radical (unpaired) electrons. The van der Waals surface area contributed by atoms with Gasteiger partial charge in [-0.25, -0.2) is 0 Å². The van der Waals surface area contributed by atoms with Gasteiger partial charge in [0.2, 0.25) is 5.91 Å². The van der Waals surface area contributed by atoms with Gasteiger partial charge in [-0.3, -0.25) is 4.79 Å². The Morgan fingerprint density at radius 2 is 2.12 bits per heavy atom. The summed E-state index contributed by atoms with van der Waals surface area (Å²) in [7, 11) is 0. The molecule has 0 bridgehead atoms. The van der Waals surface area contributed by atoms with Gasteiger partial charge in [-0.2, -0.15) is 0 Å². The Labute approximate surface area is 96.3 Å². The second-order valence-corrected chi connectivity index (χ2v) is 5.25. The lowest BCUT2D eigenvalue weighted by Crippen LogP contribution is -2.51. The van der Waals surface area contributed by atoms with Crippen LogP contribution in [-0.4, -0.2) is 16.8 Å². The SMILES string of the molecule is C[C@@H]1Cc2ccccc2[C@@]2(C)CCC(=O)N12. The third-order valence-electron chi connectivity index (χ3n) is 4.18. The Hall–Kier alpha value is -1.31. The topological polar surface area (TPSA) is 20.3 Å². The highest BCUT2D eigenvalue weighted by Gasteiger charge is 2.48. The van der Waals surface area contributed by atoms with E-state index in [0.717, 1.165) is 12.8 Å². The molecule has 1 fully saturated rings. The summed E-state index contributed by atoms with van der Waals surface area (Å²) < 4.78 is 0. The fourth-order valence-corrected chi connectivity index (χ4v) is 3.50. The van der Waals surface area contributed by atoms with Gasteiger partial charge in [-0.1, -0.05) is 24.3 Å². The van der Waals surface area contributed by atoms with E-state index in [-0.39, 0.29) is 5.54 Å². The number of carbonyl (C=O) groups excluding carboxylic acids is 1. The van der Waals surface area contributed by atoms with Crippen LogP contribution in [0.2, 0.25) is 0 Å². The number of carbonyl (C=O) groups is 1. The van der Waals surface area contributed by atoms with Crippen LogP contribution in [-0.2, 0) is 16.8 Å². The molecule has 2 aliphatic rings. The van der Waals surface area contributed by atoms with Crippen molar-refractivity contribution in [2.24, 2.45) is 0 Å². The highest BCUT2D eigenvalue weighted by atomic mass is 16.2. The average Bonchev–Trinajstić information content (AvgIpc) is 2.57. The maximum atomic E-state index is 12.0. The van der Waals surface area contributed by atoms with Gasteiger partial charge in [0, 0.05) is 12.5 Å². The van der Waals surface area contributed by atoms with Crippen LogP contribution in [0.5, 0.6) is 0 Å². The van der Waals surface area contributed by atoms with E-state index in [1.165, 1.54) is 11.1 Å². The number of rotatable bonds is 0. The van der Waals surface area contributed by atoms with Crippen molar-refractivity contribution in [3.63, 3.8) is 0 Å². The molecule has 2 heterocycles. The molecular formula is C14H17NO. The second-order valence-electron chi connectivity index (χ2n) is 5.25. The summed E-state index contributed by atoms with van der Waals surface area (Å²) >= 11 is 0. The van der Waals surface area contributed by atoms with E-state index in [9.17, 15) is 4.79 Å². The van der Waals surface area contributed by atoms with Gasteiger partial charge < -0.3 is 4.90 Å². The lowest BCUT2D eigenvalue weighted by molar-refractivity contribution is -0.134. The summed E-state index contributed by atoms with van der Waals surface area (Å²) in [6, 6.07) is 8.92. The smallest absolute Gasteiger partial charge is 0.223 e. The van der Waals surface area contributed by atoms with E-state index in [0.29, 0.717) is 18.4 Å². The average molecular weight is 215 g/mol.